The highest BCUT2D eigenvalue weighted by Gasteiger charge is 2.27. The first-order chi connectivity index (χ1) is 7.95. The predicted octanol–water partition coefficient (Wildman–Crippen LogP) is 4.00. The van der Waals surface area contributed by atoms with Crippen molar-refractivity contribution >= 4 is 0 Å². The summed E-state index contributed by atoms with van der Waals surface area (Å²) in [5.74, 6) is 0. The predicted molar refractivity (Wildman–Crippen MR) is 74.7 cm³/mol. The molecule has 0 bridgehead atoms. The van der Waals surface area contributed by atoms with Crippen LogP contribution in [0.5, 0.6) is 0 Å². The zero-order chi connectivity index (χ0) is 12.7. The summed E-state index contributed by atoms with van der Waals surface area (Å²) in [6.07, 6.45) is 2.66. The molecule has 1 atom stereocenters. The lowest BCUT2D eigenvalue weighted by molar-refractivity contribution is 0.315. The average molecular weight is 231 g/mol. The topological polar surface area (TPSA) is 3.24 Å². The van der Waals surface area contributed by atoms with Gasteiger partial charge in [-0.15, -0.1) is 0 Å². The van der Waals surface area contributed by atoms with Gasteiger partial charge in [0.1, 0.15) is 0 Å². The van der Waals surface area contributed by atoms with E-state index in [9.17, 15) is 0 Å². The Morgan fingerprint density at radius 2 is 1.29 bits per heavy atom. The van der Waals surface area contributed by atoms with Gasteiger partial charge in [0, 0.05) is 6.04 Å². The molecule has 1 saturated heterocycles. The molecule has 1 nitrogen and oxygen atoms in total. The van der Waals surface area contributed by atoms with Gasteiger partial charge in [-0.05, 0) is 94.4 Å². The smallest absolute Gasteiger partial charge is 0.0351 e. The van der Waals surface area contributed by atoms with Gasteiger partial charge in [-0.3, -0.25) is 4.90 Å². The number of rotatable bonds is 1. The summed E-state index contributed by atoms with van der Waals surface area (Å²) in [6, 6.07) is 0.646. The first kappa shape index (κ1) is 12.6. The molecule has 1 aromatic rings. The molecular formula is C16H25N. The molecule has 0 aromatic heterocycles. The largest absolute Gasteiger partial charge is 0.299 e. The maximum Gasteiger partial charge on any atom is 0.0351 e. The van der Waals surface area contributed by atoms with E-state index < -0.39 is 0 Å². The van der Waals surface area contributed by atoms with Gasteiger partial charge in [0.2, 0.25) is 0 Å². The van der Waals surface area contributed by atoms with Crippen LogP contribution in [0.4, 0.5) is 0 Å². The normalized spacial score (nSPS) is 21.2. The fourth-order valence-electron chi connectivity index (χ4n) is 3.30. The van der Waals surface area contributed by atoms with Crippen molar-refractivity contribution in [3.8, 4) is 0 Å². The lowest BCUT2D eigenvalue weighted by Gasteiger charge is -2.27. The van der Waals surface area contributed by atoms with E-state index >= 15 is 0 Å². The molecule has 1 aromatic carbocycles. The molecular weight excluding hydrogens is 206 g/mol. The second-order valence-electron chi connectivity index (χ2n) is 5.68. The third-order valence-electron chi connectivity index (χ3n) is 4.91. The SMILES string of the molecule is Cc1c(C)c(C)c(C2CCCN2C)c(C)c1C. The van der Waals surface area contributed by atoms with Crippen molar-refractivity contribution in [2.75, 3.05) is 13.6 Å². The van der Waals surface area contributed by atoms with E-state index in [2.05, 4.69) is 46.6 Å². The van der Waals surface area contributed by atoms with Gasteiger partial charge in [-0.1, -0.05) is 0 Å². The van der Waals surface area contributed by atoms with Crippen LogP contribution in [0.1, 0.15) is 52.3 Å². The van der Waals surface area contributed by atoms with Crippen LogP contribution in [0.2, 0.25) is 0 Å². The Morgan fingerprint density at radius 3 is 1.71 bits per heavy atom. The Kier molecular flexibility index (Phi) is 3.31. The highest BCUT2D eigenvalue weighted by Crippen LogP contribution is 2.37. The summed E-state index contributed by atoms with van der Waals surface area (Å²) in [7, 11) is 2.26. The van der Waals surface area contributed by atoms with Crippen LogP contribution in [-0.4, -0.2) is 18.5 Å². The molecule has 2 rings (SSSR count). The van der Waals surface area contributed by atoms with Crippen molar-refractivity contribution in [2.45, 2.75) is 53.5 Å². The highest BCUT2D eigenvalue weighted by molar-refractivity contribution is 5.50. The van der Waals surface area contributed by atoms with Gasteiger partial charge >= 0.3 is 0 Å². The molecule has 17 heavy (non-hydrogen) atoms. The quantitative estimate of drug-likeness (QED) is 0.706. The average Bonchev–Trinajstić information content (AvgIpc) is 2.71. The van der Waals surface area contributed by atoms with Gasteiger partial charge in [0.15, 0.2) is 0 Å². The molecule has 0 aliphatic carbocycles. The molecule has 1 heterocycles. The maximum atomic E-state index is 2.52. The minimum absolute atomic E-state index is 0.646. The highest BCUT2D eigenvalue weighted by atomic mass is 15.1. The fourth-order valence-corrected chi connectivity index (χ4v) is 3.30. The van der Waals surface area contributed by atoms with Crippen LogP contribution in [0.25, 0.3) is 0 Å². The summed E-state index contributed by atoms with van der Waals surface area (Å²) < 4.78 is 0. The minimum Gasteiger partial charge on any atom is -0.299 e. The summed E-state index contributed by atoms with van der Waals surface area (Å²) in [5.41, 5.74) is 9.09. The molecule has 0 radical (unpaired) electrons. The van der Waals surface area contributed by atoms with Crippen LogP contribution < -0.4 is 0 Å². The standard InChI is InChI=1S/C16H25N/c1-10-11(2)13(4)16(14(5)12(10)3)15-8-7-9-17(15)6/h15H,7-9H2,1-6H3. The van der Waals surface area contributed by atoms with Crippen molar-refractivity contribution < 1.29 is 0 Å². The summed E-state index contributed by atoms with van der Waals surface area (Å²) in [4.78, 5) is 2.52. The molecule has 0 N–H and O–H groups in total. The molecule has 1 heteroatoms. The zero-order valence-corrected chi connectivity index (χ0v) is 12.1. The maximum absolute atomic E-state index is 2.52. The van der Waals surface area contributed by atoms with E-state index in [0.717, 1.165) is 0 Å². The van der Waals surface area contributed by atoms with E-state index in [-0.39, 0.29) is 0 Å². The first-order valence-corrected chi connectivity index (χ1v) is 6.72. The number of nitrogens with zero attached hydrogens (tertiary/aromatic N) is 1. The minimum atomic E-state index is 0.646. The third kappa shape index (κ3) is 1.91. The molecule has 94 valence electrons. The van der Waals surface area contributed by atoms with Gasteiger partial charge < -0.3 is 0 Å². The number of hydrogen-bond acceptors (Lipinski definition) is 1. The van der Waals surface area contributed by atoms with Gasteiger partial charge in [-0.2, -0.15) is 0 Å². The number of hydrogen-bond donors (Lipinski definition) is 0. The number of likely N-dealkylation sites (tertiary alicyclic amines) is 1. The molecule has 1 aliphatic heterocycles. The van der Waals surface area contributed by atoms with E-state index in [0.29, 0.717) is 6.04 Å². The first-order valence-electron chi connectivity index (χ1n) is 6.72. The second kappa shape index (κ2) is 4.45. The summed E-state index contributed by atoms with van der Waals surface area (Å²) >= 11 is 0. The van der Waals surface area contributed by atoms with Crippen molar-refractivity contribution in [1.82, 2.24) is 4.90 Å². The van der Waals surface area contributed by atoms with Crippen LogP contribution >= 0.6 is 0 Å². The van der Waals surface area contributed by atoms with Crippen LogP contribution in [0.3, 0.4) is 0 Å². The van der Waals surface area contributed by atoms with E-state index in [1.807, 2.05) is 0 Å². The van der Waals surface area contributed by atoms with E-state index in [1.165, 1.54) is 47.2 Å². The van der Waals surface area contributed by atoms with Crippen molar-refractivity contribution in [3.05, 3.63) is 33.4 Å². The lowest BCUT2D eigenvalue weighted by atomic mass is 9.85. The molecule has 1 fully saturated rings. The Bertz CT molecular complexity index is 416. The fraction of sp³-hybridized carbons (Fsp3) is 0.625. The summed E-state index contributed by atoms with van der Waals surface area (Å²) in [5, 5.41) is 0. The Labute approximate surface area is 106 Å². The molecule has 0 saturated carbocycles. The summed E-state index contributed by atoms with van der Waals surface area (Å²) in [6.45, 7) is 12.7. The molecule has 0 spiro atoms. The van der Waals surface area contributed by atoms with Crippen molar-refractivity contribution in [1.29, 1.82) is 0 Å². The van der Waals surface area contributed by atoms with Gasteiger partial charge in [0.05, 0.1) is 0 Å². The Morgan fingerprint density at radius 1 is 0.824 bits per heavy atom. The van der Waals surface area contributed by atoms with Crippen LogP contribution in [-0.2, 0) is 0 Å². The third-order valence-corrected chi connectivity index (χ3v) is 4.91. The zero-order valence-electron chi connectivity index (χ0n) is 12.1. The molecule has 1 aliphatic rings. The van der Waals surface area contributed by atoms with Gasteiger partial charge in [-0.25, -0.2) is 0 Å². The molecule has 0 amide bonds. The van der Waals surface area contributed by atoms with Crippen molar-refractivity contribution in [2.24, 2.45) is 0 Å². The van der Waals surface area contributed by atoms with Crippen molar-refractivity contribution in [3.63, 3.8) is 0 Å². The monoisotopic (exact) mass is 231 g/mol. The van der Waals surface area contributed by atoms with E-state index in [1.54, 1.807) is 5.56 Å². The molecule has 1 unspecified atom stereocenters. The Hall–Kier alpha value is -0.820. The second-order valence-corrected chi connectivity index (χ2v) is 5.68. The number of benzene rings is 1. The van der Waals surface area contributed by atoms with E-state index in [4.69, 9.17) is 0 Å². The van der Waals surface area contributed by atoms with Crippen LogP contribution in [0, 0.1) is 34.6 Å². The van der Waals surface area contributed by atoms with Gasteiger partial charge in [0.25, 0.3) is 0 Å². The lowest BCUT2D eigenvalue weighted by Crippen LogP contribution is -2.20. The Balaban J connectivity index is 2.61. The van der Waals surface area contributed by atoms with Crippen LogP contribution in [0.15, 0.2) is 0 Å².